The highest BCUT2D eigenvalue weighted by Crippen LogP contribution is 2.42. The maximum Gasteiger partial charge on any atom is 0.298 e. The van der Waals surface area contributed by atoms with Crippen LogP contribution >= 0.6 is 0 Å². The van der Waals surface area contributed by atoms with Gasteiger partial charge in [0.1, 0.15) is 30.4 Å². The van der Waals surface area contributed by atoms with Crippen molar-refractivity contribution in [2.24, 2.45) is 0 Å². The van der Waals surface area contributed by atoms with Crippen LogP contribution in [0.2, 0.25) is 0 Å². The summed E-state index contributed by atoms with van der Waals surface area (Å²) in [5.41, 5.74) is 4.98. The number of anilines is 1. The van der Waals surface area contributed by atoms with Crippen molar-refractivity contribution in [1.29, 1.82) is 0 Å². The lowest BCUT2D eigenvalue weighted by Gasteiger charge is -2.37. The molecule has 0 radical (unpaired) electrons. The van der Waals surface area contributed by atoms with Crippen LogP contribution in [0.4, 0.5) is 6.01 Å². The molecule has 0 amide bonds. The molecule has 4 aliphatic heterocycles. The topological polar surface area (TPSA) is 156 Å². The number of piperidine rings is 2. The van der Waals surface area contributed by atoms with E-state index < -0.39 is 0 Å². The minimum absolute atomic E-state index is 0. The van der Waals surface area contributed by atoms with Gasteiger partial charge < -0.3 is 33.6 Å². The third kappa shape index (κ3) is 8.24. The van der Waals surface area contributed by atoms with E-state index in [1.54, 1.807) is 12.4 Å². The number of pyridine rings is 2. The molecule has 58 heavy (non-hydrogen) atoms. The third-order valence-electron chi connectivity index (χ3n) is 11.5. The summed E-state index contributed by atoms with van der Waals surface area (Å²) in [4.78, 5) is 32.9. The van der Waals surface area contributed by atoms with Crippen molar-refractivity contribution in [3.8, 4) is 35.0 Å². The van der Waals surface area contributed by atoms with Crippen molar-refractivity contribution in [3.05, 3.63) is 96.1 Å². The molecule has 9 heterocycles. The van der Waals surface area contributed by atoms with E-state index in [1.165, 1.54) is 25.5 Å². The Bertz CT molecular complexity index is 2300. The predicted octanol–water partition coefficient (Wildman–Crippen LogP) is 8.58. The average molecular weight is 786 g/mol. The van der Waals surface area contributed by atoms with Gasteiger partial charge in [-0.25, -0.2) is 19.9 Å². The number of rotatable bonds is 9. The average Bonchev–Trinajstić information content (AvgIpc) is 3.88. The Balaban J connectivity index is 0.000000167. The molecule has 14 heteroatoms. The van der Waals surface area contributed by atoms with Crippen LogP contribution in [0.5, 0.6) is 35.0 Å². The fourth-order valence-electron chi connectivity index (χ4n) is 8.57. The summed E-state index contributed by atoms with van der Waals surface area (Å²) >= 11 is 0. The molecule has 6 aromatic rings. The molecule has 4 saturated heterocycles. The minimum atomic E-state index is 0. The van der Waals surface area contributed by atoms with E-state index in [1.807, 2.05) is 76.2 Å². The van der Waals surface area contributed by atoms with Gasteiger partial charge in [-0.05, 0) is 103 Å². The first kappa shape index (κ1) is 39.0. The van der Waals surface area contributed by atoms with Crippen molar-refractivity contribution < 1.29 is 23.4 Å². The van der Waals surface area contributed by atoms with Crippen LogP contribution in [0.25, 0.3) is 11.1 Å². The predicted molar refractivity (Wildman–Crippen MR) is 219 cm³/mol. The van der Waals surface area contributed by atoms with Crippen LogP contribution in [-0.2, 0) is 0 Å². The van der Waals surface area contributed by atoms with E-state index in [4.69, 9.17) is 28.3 Å². The summed E-state index contributed by atoms with van der Waals surface area (Å²) < 4.78 is 30.6. The number of ether oxygens (including phenoxy) is 4. The second-order valence-electron chi connectivity index (χ2n) is 15.4. The van der Waals surface area contributed by atoms with E-state index in [0.29, 0.717) is 59.2 Å². The fraction of sp³-hybridized carbons (Fsp3) is 0.432. The van der Waals surface area contributed by atoms with E-state index >= 15 is 0 Å². The molecule has 5 aromatic heterocycles. The normalized spacial score (nSPS) is 23.1. The van der Waals surface area contributed by atoms with Crippen LogP contribution in [0, 0.1) is 27.7 Å². The summed E-state index contributed by atoms with van der Waals surface area (Å²) in [7, 11) is 0. The van der Waals surface area contributed by atoms with Crippen LogP contribution in [0.1, 0.15) is 81.3 Å². The molecule has 1 N–H and O–H groups in total. The fourth-order valence-corrected chi connectivity index (χ4v) is 8.57. The number of aryl methyl sites for hydroxylation is 2. The Morgan fingerprint density at radius 3 is 1.66 bits per heavy atom. The molecule has 10 rings (SSSR count). The van der Waals surface area contributed by atoms with Crippen LogP contribution < -0.4 is 29.2 Å². The van der Waals surface area contributed by atoms with Gasteiger partial charge in [0.25, 0.3) is 6.01 Å². The standard InChI is InChI=1S/C25H25N5O3.C18H22N4O2.CH4/c1-15-23(27-14-28-24(15)32-21-8-5-11-26-16(21)2)31-19-12-17-9-10-18(13-19)30(17)25-29-20-6-3-4-7-22(20)33-25;1-11-17(23-15-8-13-5-6-14(9-15)22-13)20-10-21-18(11)24-16-4-3-7-19-12(16)2;/h3-8,11,14,17-19H,9-10,12-13H2,1-2H3;3-4,7,10,13-15,22H,5-6,8-9H2,1-2H3;1H4. The lowest BCUT2D eigenvalue weighted by atomic mass is 10.0. The Kier molecular flexibility index (Phi) is 11.4. The maximum absolute atomic E-state index is 6.39. The summed E-state index contributed by atoms with van der Waals surface area (Å²) in [6.07, 6.45) is 15.4. The molecule has 4 atom stereocenters. The summed E-state index contributed by atoms with van der Waals surface area (Å²) in [6.45, 7) is 7.68. The second kappa shape index (κ2) is 16.9. The molecular formula is C44H51N9O5. The van der Waals surface area contributed by atoms with Gasteiger partial charge in [0.15, 0.2) is 17.1 Å². The number of hydrogen-bond donors (Lipinski definition) is 1. The van der Waals surface area contributed by atoms with Gasteiger partial charge >= 0.3 is 0 Å². The molecular weight excluding hydrogens is 735 g/mol. The second-order valence-corrected chi connectivity index (χ2v) is 15.4. The van der Waals surface area contributed by atoms with Crippen LogP contribution in [-0.4, -0.2) is 71.3 Å². The SMILES string of the molecule is C.Cc1ncccc1Oc1ncnc(OC2CC3CCC(C2)N3)c1C.Cc1ncccc1Oc1ncnc(OC2CC3CCC(C2)N3c2nc3ccccc3o2)c1C. The van der Waals surface area contributed by atoms with Crippen LogP contribution in [0.3, 0.4) is 0 Å². The van der Waals surface area contributed by atoms with Gasteiger partial charge in [-0.2, -0.15) is 4.98 Å². The monoisotopic (exact) mass is 785 g/mol. The largest absolute Gasteiger partial charge is 0.474 e. The van der Waals surface area contributed by atoms with E-state index in [9.17, 15) is 0 Å². The molecule has 14 nitrogen and oxygen atoms in total. The van der Waals surface area contributed by atoms with Gasteiger partial charge in [0, 0.05) is 49.4 Å². The Hall–Kier alpha value is -5.89. The lowest BCUT2D eigenvalue weighted by molar-refractivity contribution is 0.130. The summed E-state index contributed by atoms with van der Waals surface area (Å²) in [5.74, 6) is 3.57. The Labute approximate surface area is 338 Å². The number of nitrogens with zero attached hydrogens (tertiary/aromatic N) is 8. The van der Waals surface area contributed by atoms with E-state index in [-0.39, 0.29) is 19.6 Å². The van der Waals surface area contributed by atoms with Gasteiger partial charge in [0.05, 0.1) is 22.5 Å². The van der Waals surface area contributed by atoms with Crippen molar-refractivity contribution in [1.82, 2.24) is 40.2 Å². The lowest BCUT2D eigenvalue weighted by Crippen LogP contribution is -2.46. The molecule has 4 unspecified atom stereocenters. The third-order valence-corrected chi connectivity index (χ3v) is 11.5. The number of oxazole rings is 1. The highest BCUT2D eigenvalue weighted by atomic mass is 16.5. The molecule has 4 fully saturated rings. The van der Waals surface area contributed by atoms with Crippen LogP contribution in [0.15, 0.2) is 78.0 Å². The highest BCUT2D eigenvalue weighted by molar-refractivity contribution is 5.74. The van der Waals surface area contributed by atoms with Crippen molar-refractivity contribution in [2.75, 3.05) is 4.90 Å². The van der Waals surface area contributed by atoms with Gasteiger partial charge in [-0.15, -0.1) is 0 Å². The number of benzene rings is 1. The molecule has 4 bridgehead atoms. The number of fused-ring (bicyclic) bond motifs is 5. The highest BCUT2D eigenvalue weighted by Gasteiger charge is 2.44. The molecule has 0 spiro atoms. The number of aromatic nitrogens is 7. The van der Waals surface area contributed by atoms with Gasteiger partial charge in [0.2, 0.25) is 23.5 Å². The number of nitrogens with one attached hydrogen (secondary N) is 1. The molecule has 0 aliphatic carbocycles. The molecule has 4 aliphatic rings. The first-order valence-electron chi connectivity index (χ1n) is 19.9. The Morgan fingerprint density at radius 1 is 0.603 bits per heavy atom. The quantitative estimate of drug-likeness (QED) is 0.149. The van der Waals surface area contributed by atoms with E-state index in [2.05, 4.69) is 40.1 Å². The summed E-state index contributed by atoms with van der Waals surface area (Å²) in [5, 5.41) is 3.63. The molecule has 302 valence electrons. The number of para-hydroxylation sites is 2. The zero-order valence-electron chi connectivity index (χ0n) is 32.7. The first-order valence-corrected chi connectivity index (χ1v) is 19.9. The zero-order valence-corrected chi connectivity index (χ0v) is 32.7. The Morgan fingerprint density at radius 2 is 1.12 bits per heavy atom. The van der Waals surface area contributed by atoms with Gasteiger partial charge in [-0.1, -0.05) is 19.6 Å². The maximum atomic E-state index is 6.39. The molecule has 0 saturated carbocycles. The van der Waals surface area contributed by atoms with Crippen molar-refractivity contribution in [3.63, 3.8) is 0 Å². The van der Waals surface area contributed by atoms with Crippen molar-refractivity contribution >= 4 is 17.1 Å². The summed E-state index contributed by atoms with van der Waals surface area (Å²) in [6, 6.07) is 18.0. The van der Waals surface area contributed by atoms with Gasteiger partial charge in [-0.3, -0.25) is 9.97 Å². The number of hydrogen-bond acceptors (Lipinski definition) is 14. The van der Waals surface area contributed by atoms with E-state index in [0.717, 1.165) is 78.2 Å². The minimum Gasteiger partial charge on any atom is -0.474 e. The molecule has 1 aromatic carbocycles. The smallest absolute Gasteiger partial charge is 0.298 e. The van der Waals surface area contributed by atoms with Crippen molar-refractivity contribution in [2.45, 2.75) is 123 Å². The first-order chi connectivity index (χ1) is 27.8. The zero-order chi connectivity index (χ0) is 38.9.